The Morgan fingerprint density at radius 1 is 1.03 bits per heavy atom. The summed E-state index contributed by atoms with van der Waals surface area (Å²) in [6.45, 7) is 4.07. The number of unbranched alkanes of at least 4 members (excludes halogenated alkanes) is 1. The Morgan fingerprint density at radius 2 is 1.79 bits per heavy atom. The first kappa shape index (κ1) is 26.8. The van der Waals surface area contributed by atoms with Crippen LogP contribution in [-0.2, 0) is 4.79 Å². The molecule has 5 atom stereocenters. The number of carbonyl (C=O) groups excluding carboxylic acids is 1. The molecule has 3 N–H and O–H groups in total. The topological polar surface area (TPSA) is 81.0 Å². The summed E-state index contributed by atoms with van der Waals surface area (Å²) in [5, 5.41) is 30.9. The van der Waals surface area contributed by atoms with Crippen molar-refractivity contribution in [1.82, 2.24) is 4.90 Å². The van der Waals surface area contributed by atoms with E-state index >= 15 is 0 Å². The van der Waals surface area contributed by atoms with Crippen LogP contribution >= 0.6 is 0 Å². The molecule has 0 saturated carbocycles. The SMILES string of the molecule is CCC/C=C/C=C/CC1CC(O)C2/C=C(C)/C=C/C=C/C(O)CC(O)C/C=C/C=C/C(=O)N12. The summed E-state index contributed by atoms with van der Waals surface area (Å²) in [6, 6.07) is -0.495. The van der Waals surface area contributed by atoms with Gasteiger partial charge in [0.2, 0.25) is 5.91 Å². The van der Waals surface area contributed by atoms with Crippen molar-refractivity contribution in [2.45, 2.75) is 82.8 Å². The summed E-state index contributed by atoms with van der Waals surface area (Å²) in [6.07, 6.45) is 25.9. The van der Waals surface area contributed by atoms with Crippen LogP contribution in [0.4, 0.5) is 0 Å². The highest BCUT2D eigenvalue weighted by atomic mass is 16.3. The van der Waals surface area contributed by atoms with Crippen LogP contribution in [-0.4, -0.2) is 56.5 Å². The summed E-state index contributed by atoms with van der Waals surface area (Å²) in [5.41, 5.74) is 0.919. The normalized spacial score (nSPS) is 35.2. The van der Waals surface area contributed by atoms with Crippen molar-refractivity contribution in [2.24, 2.45) is 0 Å². The maximum absolute atomic E-state index is 13.1. The van der Waals surface area contributed by atoms with E-state index in [4.69, 9.17) is 0 Å². The highest BCUT2D eigenvalue weighted by Gasteiger charge is 2.40. The zero-order chi connectivity index (χ0) is 24.1. The van der Waals surface area contributed by atoms with E-state index in [2.05, 4.69) is 19.1 Å². The van der Waals surface area contributed by atoms with Gasteiger partial charge in [-0.15, -0.1) is 0 Å². The fourth-order valence-electron chi connectivity index (χ4n) is 4.06. The van der Waals surface area contributed by atoms with Gasteiger partial charge in [-0.1, -0.05) is 91.8 Å². The Kier molecular flexibility index (Phi) is 11.9. The molecule has 0 radical (unpaired) electrons. The maximum Gasteiger partial charge on any atom is 0.247 e. The smallest absolute Gasteiger partial charge is 0.247 e. The first-order chi connectivity index (χ1) is 15.9. The molecule has 2 rings (SSSR count). The first-order valence-corrected chi connectivity index (χ1v) is 12.0. The molecule has 2 heterocycles. The number of nitrogens with zero attached hydrogens (tertiary/aromatic N) is 1. The van der Waals surface area contributed by atoms with Gasteiger partial charge in [0.15, 0.2) is 0 Å². The summed E-state index contributed by atoms with van der Waals surface area (Å²) in [7, 11) is 0. The lowest BCUT2D eigenvalue weighted by Gasteiger charge is -2.28. The second-order valence-electron chi connectivity index (χ2n) is 8.71. The Labute approximate surface area is 198 Å². The molecule has 0 aromatic carbocycles. The predicted molar refractivity (Wildman–Crippen MR) is 134 cm³/mol. The van der Waals surface area contributed by atoms with E-state index in [9.17, 15) is 20.1 Å². The van der Waals surface area contributed by atoms with Gasteiger partial charge >= 0.3 is 0 Å². The summed E-state index contributed by atoms with van der Waals surface area (Å²) in [5.74, 6) is -0.144. The van der Waals surface area contributed by atoms with Crippen LogP contribution in [0.15, 0.2) is 84.6 Å². The molecule has 0 aliphatic carbocycles. The average molecular weight is 454 g/mol. The number of aliphatic hydroxyl groups is 3. The van der Waals surface area contributed by atoms with Crippen molar-refractivity contribution in [3.63, 3.8) is 0 Å². The zero-order valence-electron chi connectivity index (χ0n) is 19.8. The third kappa shape index (κ3) is 9.50. The molecule has 0 bridgehead atoms. The van der Waals surface area contributed by atoms with Gasteiger partial charge in [0.25, 0.3) is 0 Å². The lowest BCUT2D eigenvalue weighted by Crippen LogP contribution is -2.41. The van der Waals surface area contributed by atoms with E-state index in [1.165, 1.54) is 6.08 Å². The third-order valence-electron chi connectivity index (χ3n) is 5.77. The summed E-state index contributed by atoms with van der Waals surface area (Å²) in [4.78, 5) is 14.9. The molecule has 33 heavy (non-hydrogen) atoms. The predicted octanol–water partition coefficient (Wildman–Crippen LogP) is 4.31. The van der Waals surface area contributed by atoms with Gasteiger partial charge in [0, 0.05) is 18.5 Å². The molecule has 5 heteroatoms. The molecule has 2 aliphatic rings. The molecule has 2 aliphatic heterocycles. The van der Waals surface area contributed by atoms with Gasteiger partial charge in [-0.3, -0.25) is 4.79 Å². The molecular weight excluding hydrogens is 414 g/mol. The third-order valence-corrected chi connectivity index (χ3v) is 5.77. The van der Waals surface area contributed by atoms with Crippen LogP contribution in [0.2, 0.25) is 0 Å². The standard InChI is InChI=1S/C28H39NO4/c1-3-4-5-6-7-9-15-23-20-27(32)26-19-22(2)14-12-13-17-25(31)21-24(30)16-10-8-11-18-28(33)29(23)26/h5-14,17-19,23-27,30-32H,3-4,15-16,20-21H2,1-2H3/b6-5+,9-7+,10-8+,14-12+,17-13+,18-11+,22-19+. The lowest BCUT2D eigenvalue weighted by atomic mass is 10.1. The van der Waals surface area contributed by atoms with E-state index in [1.807, 2.05) is 37.3 Å². The van der Waals surface area contributed by atoms with E-state index in [-0.39, 0.29) is 18.4 Å². The Balaban J connectivity index is 2.26. The monoisotopic (exact) mass is 453 g/mol. The number of hydrogen-bond acceptors (Lipinski definition) is 4. The maximum atomic E-state index is 13.1. The Bertz CT molecular complexity index is 818. The van der Waals surface area contributed by atoms with Crippen LogP contribution in [0.3, 0.4) is 0 Å². The highest BCUT2D eigenvalue weighted by Crippen LogP contribution is 2.29. The molecule has 5 unspecified atom stereocenters. The molecule has 1 amide bonds. The first-order valence-electron chi connectivity index (χ1n) is 12.0. The zero-order valence-corrected chi connectivity index (χ0v) is 19.8. The molecule has 1 saturated heterocycles. The van der Waals surface area contributed by atoms with E-state index < -0.39 is 24.4 Å². The van der Waals surface area contributed by atoms with Gasteiger partial charge in [-0.2, -0.15) is 0 Å². The van der Waals surface area contributed by atoms with Crippen molar-refractivity contribution in [3.8, 4) is 0 Å². The largest absolute Gasteiger partial charge is 0.393 e. The van der Waals surface area contributed by atoms with Crippen LogP contribution in [0.25, 0.3) is 0 Å². The van der Waals surface area contributed by atoms with Gasteiger partial charge in [-0.25, -0.2) is 0 Å². The number of amides is 1. The Hall–Kier alpha value is -2.47. The van der Waals surface area contributed by atoms with Gasteiger partial charge < -0.3 is 20.2 Å². The number of rotatable bonds is 5. The second kappa shape index (κ2) is 14.6. The van der Waals surface area contributed by atoms with Crippen molar-refractivity contribution in [2.75, 3.05) is 0 Å². The van der Waals surface area contributed by atoms with Crippen molar-refractivity contribution in [3.05, 3.63) is 84.6 Å². The minimum absolute atomic E-state index is 0.0890. The van der Waals surface area contributed by atoms with Crippen LogP contribution in [0, 0.1) is 0 Å². The highest BCUT2D eigenvalue weighted by molar-refractivity contribution is 5.89. The summed E-state index contributed by atoms with van der Waals surface area (Å²) >= 11 is 0. The number of fused-ring (bicyclic) bond motifs is 1. The lowest BCUT2D eigenvalue weighted by molar-refractivity contribution is -0.128. The fourth-order valence-corrected chi connectivity index (χ4v) is 4.06. The minimum Gasteiger partial charge on any atom is -0.393 e. The van der Waals surface area contributed by atoms with Crippen LogP contribution < -0.4 is 0 Å². The van der Waals surface area contributed by atoms with Crippen molar-refractivity contribution in [1.29, 1.82) is 0 Å². The molecule has 180 valence electrons. The molecule has 0 aromatic heterocycles. The fraction of sp³-hybridized carbons (Fsp3) is 0.464. The number of hydrogen-bond donors (Lipinski definition) is 3. The van der Waals surface area contributed by atoms with Gasteiger partial charge in [0.05, 0.1) is 24.4 Å². The van der Waals surface area contributed by atoms with Crippen LogP contribution in [0.5, 0.6) is 0 Å². The van der Waals surface area contributed by atoms with E-state index in [1.54, 1.807) is 35.3 Å². The number of carbonyl (C=O) groups is 1. The minimum atomic E-state index is -0.729. The van der Waals surface area contributed by atoms with Gasteiger partial charge in [0.1, 0.15) is 0 Å². The van der Waals surface area contributed by atoms with Gasteiger partial charge in [-0.05, 0) is 32.6 Å². The van der Waals surface area contributed by atoms with Crippen molar-refractivity contribution < 1.29 is 20.1 Å². The van der Waals surface area contributed by atoms with E-state index in [0.717, 1.165) is 18.4 Å². The van der Waals surface area contributed by atoms with Crippen LogP contribution in [0.1, 0.15) is 52.4 Å². The molecular formula is C28H39NO4. The van der Waals surface area contributed by atoms with Crippen molar-refractivity contribution >= 4 is 5.91 Å². The molecule has 0 spiro atoms. The quantitative estimate of drug-likeness (QED) is 0.542. The number of allylic oxidation sites excluding steroid dienone is 9. The Morgan fingerprint density at radius 3 is 2.58 bits per heavy atom. The second-order valence-corrected chi connectivity index (χ2v) is 8.71. The average Bonchev–Trinajstić information content (AvgIpc) is 3.07. The molecule has 0 aromatic rings. The molecule has 1 fully saturated rings. The van der Waals surface area contributed by atoms with E-state index in [0.29, 0.717) is 19.3 Å². The molecule has 5 nitrogen and oxygen atoms in total. The summed E-state index contributed by atoms with van der Waals surface area (Å²) < 4.78 is 0. The number of aliphatic hydroxyl groups excluding tert-OH is 3.